The van der Waals surface area contributed by atoms with Crippen LogP contribution in [0.3, 0.4) is 0 Å². The predicted molar refractivity (Wildman–Crippen MR) is 124 cm³/mol. The molecule has 5 nitrogen and oxygen atoms in total. The minimum Gasteiger partial charge on any atom is -0.497 e. The molecule has 2 aromatic heterocycles. The summed E-state index contributed by atoms with van der Waals surface area (Å²) in [5.41, 5.74) is 3.74. The number of ether oxygens (including phenoxy) is 1. The van der Waals surface area contributed by atoms with Gasteiger partial charge in [-0.2, -0.15) is 13.2 Å². The molecule has 0 unspecified atom stereocenters. The normalized spacial score (nSPS) is 11.8. The average molecular weight is 473 g/mol. The van der Waals surface area contributed by atoms with Crippen molar-refractivity contribution in [3.05, 3.63) is 81.5 Å². The molecule has 0 spiro atoms. The van der Waals surface area contributed by atoms with Gasteiger partial charge in [-0.05, 0) is 35.4 Å². The molecule has 0 saturated carbocycles. The summed E-state index contributed by atoms with van der Waals surface area (Å²) in [6.07, 6.45) is -2.56. The van der Waals surface area contributed by atoms with E-state index in [2.05, 4.69) is 5.32 Å². The number of aromatic nitrogens is 2. The van der Waals surface area contributed by atoms with E-state index in [4.69, 9.17) is 15.1 Å². The number of hydrogen-bond donors (Lipinski definition) is 2. The molecule has 0 aliphatic rings. The van der Waals surface area contributed by atoms with Crippen LogP contribution >= 0.6 is 11.3 Å². The van der Waals surface area contributed by atoms with Gasteiger partial charge >= 0.3 is 6.18 Å². The second-order valence-electron chi connectivity index (χ2n) is 7.65. The lowest BCUT2D eigenvalue weighted by molar-refractivity contribution is -0.137. The first-order valence-electron chi connectivity index (χ1n) is 10.3. The van der Waals surface area contributed by atoms with Gasteiger partial charge in [0.15, 0.2) is 5.65 Å². The van der Waals surface area contributed by atoms with Crippen molar-refractivity contribution in [2.45, 2.75) is 25.7 Å². The summed E-state index contributed by atoms with van der Waals surface area (Å²) < 4.78 is 46.5. The Bertz CT molecular complexity index is 1280. The number of nitrogens with zero attached hydrogens (tertiary/aromatic N) is 2. The molecule has 0 radical (unpaired) electrons. The van der Waals surface area contributed by atoms with Crippen molar-refractivity contribution < 1.29 is 17.9 Å². The number of thiazole rings is 1. The molecule has 2 aromatic carbocycles. The molecular weight excluding hydrogens is 449 g/mol. The maximum absolute atomic E-state index is 12.8. The lowest BCUT2D eigenvalue weighted by Crippen LogP contribution is -2.16. The van der Waals surface area contributed by atoms with Crippen molar-refractivity contribution in [2.24, 2.45) is 7.05 Å². The molecule has 0 saturated heterocycles. The van der Waals surface area contributed by atoms with Crippen molar-refractivity contribution >= 4 is 27.9 Å². The Morgan fingerprint density at radius 1 is 1.12 bits per heavy atom. The second-order valence-corrected chi connectivity index (χ2v) is 8.73. The van der Waals surface area contributed by atoms with Crippen molar-refractivity contribution in [3.63, 3.8) is 0 Å². The number of alkyl halides is 3. The highest BCUT2D eigenvalue weighted by Crippen LogP contribution is 2.32. The van der Waals surface area contributed by atoms with Gasteiger partial charge < -0.3 is 20.0 Å². The van der Waals surface area contributed by atoms with Crippen LogP contribution in [0.15, 0.2) is 48.5 Å². The van der Waals surface area contributed by atoms with Crippen LogP contribution in [0.2, 0.25) is 0 Å². The smallest absolute Gasteiger partial charge is 0.416 e. The molecule has 9 heteroatoms. The van der Waals surface area contributed by atoms with Gasteiger partial charge in [0.1, 0.15) is 10.8 Å². The van der Waals surface area contributed by atoms with Gasteiger partial charge in [0.2, 0.25) is 0 Å². The zero-order valence-electron chi connectivity index (χ0n) is 18.2. The summed E-state index contributed by atoms with van der Waals surface area (Å²) in [5.74, 6) is 0.804. The summed E-state index contributed by atoms with van der Waals surface area (Å²) in [6, 6.07) is 13.0. The van der Waals surface area contributed by atoms with E-state index in [0.717, 1.165) is 55.6 Å². The standard InChI is InChI=1S/C24H23F3N4OS/c1-31-20(14-29-13-16-4-3-5-18(10-16)32-2)19(12-28)22-23(31)30-21(33-22)11-15-6-8-17(9-7-15)24(25,26)27/h3-10,12,28-29H,11,13-14H2,1-2H3. The molecule has 0 aliphatic carbocycles. The fourth-order valence-electron chi connectivity index (χ4n) is 3.73. The Kier molecular flexibility index (Phi) is 6.53. The van der Waals surface area contributed by atoms with Gasteiger partial charge in [0, 0.05) is 44.0 Å². The summed E-state index contributed by atoms with van der Waals surface area (Å²) >= 11 is 1.47. The van der Waals surface area contributed by atoms with Gasteiger partial charge in [-0.1, -0.05) is 24.3 Å². The summed E-state index contributed by atoms with van der Waals surface area (Å²) in [7, 11) is 3.55. The monoisotopic (exact) mass is 472 g/mol. The lowest BCUT2D eigenvalue weighted by Gasteiger charge is -2.09. The zero-order valence-corrected chi connectivity index (χ0v) is 19.0. The third-order valence-corrected chi connectivity index (χ3v) is 6.55. The molecule has 0 bridgehead atoms. The van der Waals surface area contributed by atoms with Gasteiger partial charge in [-0.25, -0.2) is 4.98 Å². The van der Waals surface area contributed by atoms with Crippen molar-refractivity contribution in [1.82, 2.24) is 14.9 Å². The minimum atomic E-state index is -4.34. The van der Waals surface area contributed by atoms with E-state index >= 15 is 0 Å². The van der Waals surface area contributed by atoms with Crippen LogP contribution in [-0.2, 0) is 32.7 Å². The highest BCUT2D eigenvalue weighted by Gasteiger charge is 2.30. The molecule has 4 aromatic rings. The number of fused-ring (bicyclic) bond motifs is 1. The van der Waals surface area contributed by atoms with Gasteiger partial charge in [0.05, 0.1) is 17.4 Å². The van der Waals surface area contributed by atoms with Crippen molar-refractivity contribution in [3.8, 4) is 5.75 Å². The summed E-state index contributed by atoms with van der Waals surface area (Å²) in [6.45, 7) is 1.22. The van der Waals surface area contributed by atoms with E-state index in [1.165, 1.54) is 29.7 Å². The number of nitrogens with one attached hydrogen (secondary N) is 2. The first-order valence-corrected chi connectivity index (χ1v) is 11.1. The quantitative estimate of drug-likeness (QED) is 0.331. The molecule has 0 fully saturated rings. The molecule has 0 amide bonds. The minimum absolute atomic E-state index is 0.443. The Balaban J connectivity index is 1.50. The van der Waals surface area contributed by atoms with Crippen molar-refractivity contribution in [1.29, 1.82) is 5.41 Å². The highest BCUT2D eigenvalue weighted by atomic mass is 32.1. The molecule has 33 heavy (non-hydrogen) atoms. The molecule has 172 valence electrons. The van der Waals surface area contributed by atoms with Crippen molar-refractivity contribution in [2.75, 3.05) is 7.11 Å². The number of rotatable bonds is 8. The predicted octanol–water partition coefficient (Wildman–Crippen LogP) is 5.54. The number of methoxy groups -OCH3 is 1. The van der Waals surface area contributed by atoms with E-state index in [1.54, 1.807) is 7.11 Å². The Morgan fingerprint density at radius 2 is 1.88 bits per heavy atom. The Morgan fingerprint density at radius 3 is 2.55 bits per heavy atom. The van der Waals surface area contributed by atoms with E-state index in [-0.39, 0.29) is 0 Å². The topological polar surface area (TPSA) is 62.9 Å². The van der Waals surface area contributed by atoms with Crippen LogP contribution in [0.5, 0.6) is 5.75 Å². The highest BCUT2D eigenvalue weighted by molar-refractivity contribution is 7.19. The van der Waals surface area contributed by atoms with Gasteiger partial charge in [-0.3, -0.25) is 0 Å². The fraction of sp³-hybridized carbons (Fsp3) is 0.250. The first-order chi connectivity index (χ1) is 15.8. The van der Waals surface area contributed by atoms with Gasteiger partial charge in [-0.15, -0.1) is 11.3 Å². The molecule has 0 atom stereocenters. The van der Waals surface area contributed by atoms with Crippen LogP contribution in [-0.4, -0.2) is 22.9 Å². The fourth-order valence-corrected chi connectivity index (χ4v) is 4.90. The average Bonchev–Trinajstić information content (AvgIpc) is 3.31. The van der Waals surface area contributed by atoms with Crippen LogP contribution in [0.4, 0.5) is 13.2 Å². The van der Waals surface area contributed by atoms with Crippen LogP contribution < -0.4 is 10.1 Å². The summed E-state index contributed by atoms with van der Waals surface area (Å²) in [4.78, 5) is 4.71. The van der Waals surface area contributed by atoms with Crippen LogP contribution in [0, 0.1) is 5.41 Å². The van der Waals surface area contributed by atoms with E-state index in [9.17, 15) is 13.2 Å². The molecule has 0 aliphatic heterocycles. The first kappa shape index (κ1) is 23.0. The number of aryl methyl sites for hydroxylation is 1. The van der Waals surface area contributed by atoms with Gasteiger partial charge in [0.25, 0.3) is 0 Å². The molecule has 4 rings (SSSR count). The largest absolute Gasteiger partial charge is 0.497 e. The molecule has 2 N–H and O–H groups in total. The van der Waals surface area contributed by atoms with Crippen LogP contribution in [0.1, 0.15) is 33.0 Å². The summed E-state index contributed by atoms with van der Waals surface area (Å²) in [5, 5.41) is 12.1. The number of benzene rings is 2. The zero-order chi connectivity index (χ0) is 23.6. The van der Waals surface area contributed by atoms with E-state index in [1.807, 2.05) is 35.9 Å². The Labute approximate surface area is 193 Å². The molecular formula is C24H23F3N4OS. The molecule has 2 heterocycles. The van der Waals surface area contributed by atoms with Crippen LogP contribution in [0.25, 0.3) is 10.3 Å². The maximum atomic E-state index is 12.8. The van der Waals surface area contributed by atoms with E-state index < -0.39 is 11.7 Å². The third kappa shape index (κ3) is 4.94. The lowest BCUT2D eigenvalue weighted by atomic mass is 10.1. The number of hydrogen-bond acceptors (Lipinski definition) is 5. The third-order valence-electron chi connectivity index (χ3n) is 5.47. The van der Waals surface area contributed by atoms with E-state index in [0.29, 0.717) is 19.5 Å². The maximum Gasteiger partial charge on any atom is 0.416 e. The second kappa shape index (κ2) is 9.36. The number of halogens is 3. The Hall–Kier alpha value is -3.17. The SMILES string of the molecule is COc1cccc(CNCc2c(C=N)c3sc(Cc4ccc(C(F)(F)F)cc4)nc3n2C)c1.